The van der Waals surface area contributed by atoms with E-state index in [0.29, 0.717) is 18.6 Å². The zero-order valence-electron chi connectivity index (χ0n) is 13.4. The third kappa shape index (κ3) is 4.14. The van der Waals surface area contributed by atoms with Crippen molar-refractivity contribution in [3.8, 4) is 10.4 Å². The molecule has 0 aliphatic heterocycles. The number of hydrogen-bond donors (Lipinski definition) is 1. The largest absolute Gasteiger partial charge is 0.350 e. The molecule has 1 aromatic carbocycles. The van der Waals surface area contributed by atoms with Crippen LogP contribution in [0.3, 0.4) is 0 Å². The predicted octanol–water partition coefficient (Wildman–Crippen LogP) is 4.28. The second-order valence-electron chi connectivity index (χ2n) is 6.13. The van der Waals surface area contributed by atoms with Crippen LogP contribution in [0.25, 0.3) is 10.4 Å². The van der Waals surface area contributed by atoms with E-state index in [4.69, 9.17) is 11.6 Å². The number of carbonyl (C=O) groups excluding carboxylic acids is 1. The number of rotatable bonds is 6. The van der Waals surface area contributed by atoms with Crippen molar-refractivity contribution < 1.29 is 4.79 Å². The van der Waals surface area contributed by atoms with Crippen LogP contribution in [0.15, 0.2) is 36.4 Å². The SMILES string of the molecule is CC(CNC(=O)c1ccc(-c2ccc(Cl)cc2)s1)N(C)C1CC1. The van der Waals surface area contributed by atoms with Gasteiger partial charge in [-0.1, -0.05) is 23.7 Å². The van der Waals surface area contributed by atoms with Gasteiger partial charge in [0.2, 0.25) is 0 Å². The average molecular weight is 349 g/mol. The Hall–Kier alpha value is -1.36. The van der Waals surface area contributed by atoms with E-state index in [0.717, 1.165) is 20.3 Å². The van der Waals surface area contributed by atoms with Gasteiger partial charge in [-0.15, -0.1) is 11.3 Å². The lowest BCUT2D eigenvalue weighted by Gasteiger charge is -2.24. The first kappa shape index (κ1) is 16.5. The molecule has 3 rings (SSSR count). The van der Waals surface area contributed by atoms with Crippen molar-refractivity contribution in [1.82, 2.24) is 10.2 Å². The number of amides is 1. The van der Waals surface area contributed by atoms with Gasteiger partial charge in [-0.3, -0.25) is 9.69 Å². The predicted molar refractivity (Wildman–Crippen MR) is 97.3 cm³/mol. The third-order valence-electron chi connectivity index (χ3n) is 4.33. The van der Waals surface area contributed by atoms with Crippen LogP contribution in [0.5, 0.6) is 0 Å². The van der Waals surface area contributed by atoms with Crippen LogP contribution in [0.1, 0.15) is 29.4 Å². The molecule has 1 heterocycles. The lowest BCUT2D eigenvalue weighted by molar-refractivity contribution is 0.0943. The quantitative estimate of drug-likeness (QED) is 0.845. The summed E-state index contributed by atoms with van der Waals surface area (Å²) in [6.07, 6.45) is 2.56. The van der Waals surface area contributed by atoms with Crippen molar-refractivity contribution >= 4 is 28.8 Å². The molecule has 1 fully saturated rings. The number of likely N-dealkylation sites (N-methyl/N-ethyl adjacent to an activating group) is 1. The van der Waals surface area contributed by atoms with E-state index in [1.807, 2.05) is 36.4 Å². The Labute approximate surface area is 146 Å². The first-order valence-corrected chi connectivity index (χ1v) is 9.10. The first-order valence-electron chi connectivity index (χ1n) is 7.90. The first-order chi connectivity index (χ1) is 11.0. The molecule has 1 aliphatic rings. The van der Waals surface area contributed by atoms with Crippen LogP contribution in [-0.2, 0) is 0 Å². The summed E-state index contributed by atoms with van der Waals surface area (Å²) in [7, 11) is 2.14. The van der Waals surface area contributed by atoms with Crippen LogP contribution < -0.4 is 5.32 Å². The number of benzene rings is 1. The molecule has 0 saturated heterocycles. The van der Waals surface area contributed by atoms with E-state index in [2.05, 4.69) is 24.2 Å². The van der Waals surface area contributed by atoms with Crippen molar-refractivity contribution in [2.75, 3.05) is 13.6 Å². The Morgan fingerprint density at radius 1 is 1.30 bits per heavy atom. The highest BCUT2D eigenvalue weighted by atomic mass is 35.5. The summed E-state index contributed by atoms with van der Waals surface area (Å²) in [5, 5.41) is 3.76. The van der Waals surface area contributed by atoms with Gasteiger partial charge in [0.25, 0.3) is 5.91 Å². The molecule has 23 heavy (non-hydrogen) atoms. The Morgan fingerprint density at radius 2 is 2.00 bits per heavy atom. The molecule has 2 aromatic rings. The fourth-order valence-corrected chi connectivity index (χ4v) is 3.60. The smallest absolute Gasteiger partial charge is 0.261 e. The number of halogens is 1. The fourth-order valence-electron chi connectivity index (χ4n) is 2.54. The van der Waals surface area contributed by atoms with Gasteiger partial charge >= 0.3 is 0 Å². The summed E-state index contributed by atoms with van der Waals surface area (Å²) in [6.45, 7) is 2.84. The van der Waals surface area contributed by atoms with Gasteiger partial charge in [0.1, 0.15) is 0 Å². The fraction of sp³-hybridized carbons (Fsp3) is 0.389. The molecule has 1 atom stereocenters. The van der Waals surface area contributed by atoms with Crippen LogP contribution in [0.2, 0.25) is 5.02 Å². The minimum Gasteiger partial charge on any atom is -0.350 e. The van der Waals surface area contributed by atoms with E-state index >= 15 is 0 Å². The zero-order chi connectivity index (χ0) is 16.4. The molecular formula is C18H21ClN2OS. The molecule has 1 saturated carbocycles. The van der Waals surface area contributed by atoms with Gasteiger partial charge in [0.05, 0.1) is 4.88 Å². The van der Waals surface area contributed by atoms with E-state index in [9.17, 15) is 4.79 Å². The van der Waals surface area contributed by atoms with Crippen molar-refractivity contribution in [3.05, 3.63) is 46.3 Å². The lowest BCUT2D eigenvalue weighted by atomic mass is 10.2. The molecule has 1 amide bonds. The molecule has 1 aliphatic carbocycles. The lowest BCUT2D eigenvalue weighted by Crippen LogP contribution is -2.41. The molecule has 122 valence electrons. The molecule has 1 aromatic heterocycles. The van der Waals surface area contributed by atoms with Crippen LogP contribution in [0.4, 0.5) is 0 Å². The summed E-state index contributed by atoms with van der Waals surface area (Å²) in [5.74, 6) is 0.00580. The molecule has 1 N–H and O–H groups in total. The van der Waals surface area contributed by atoms with Crippen molar-refractivity contribution in [2.45, 2.75) is 31.8 Å². The van der Waals surface area contributed by atoms with E-state index in [1.165, 1.54) is 24.2 Å². The molecule has 5 heteroatoms. The molecule has 0 bridgehead atoms. The summed E-state index contributed by atoms with van der Waals surface area (Å²) in [5.41, 5.74) is 1.08. The topological polar surface area (TPSA) is 32.3 Å². The van der Waals surface area contributed by atoms with Crippen molar-refractivity contribution in [2.24, 2.45) is 0 Å². The van der Waals surface area contributed by atoms with Gasteiger partial charge in [-0.2, -0.15) is 0 Å². The highest BCUT2D eigenvalue weighted by molar-refractivity contribution is 7.17. The molecule has 3 nitrogen and oxygen atoms in total. The minimum atomic E-state index is 0.00580. The highest BCUT2D eigenvalue weighted by Gasteiger charge is 2.29. The average Bonchev–Trinajstić information content (AvgIpc) is 3.29. The standard InChI is InChI=1S/C18H21ClN2OS/c1-12(21(2)15-7-8-15)11-20-18(22)17-10-9-16(23-17)13-3-5-14(19)6-4-13/h3-6,9-10,12,15H,7-8,11H2,1-2H3,(H,20,22). The third-order valence-corrected chi connectivity index (χ3v) is 5.72. The van der Waals surface area contributed by atoms with Gasteiger partial charge < -0.3 is 5.32 Å². The summed E-state index contributed by atoms with van der Waals surface area (Å²) in [6, 6.07) is 12.6. The Balaban J connectivity index is 1.58. The number of hydrogen-bond acceptors (Lipinski definition) is 3. The Bertz CT molecular complexity index is 679. The van der Waals surface area contributed by atoms with Crippen LogP contribution in [0, 0.1) is 0 Å². The number of nitrogens with zero attached hydrogens (tertiary/aromatic N) is 1. The van der Waals surface area contributed by atoms with Gasteiger partial charge in [-0.05, 0) is 56.6 Å². The number of nitrogens with one attached hydrogen (secondary N) is 1. The monoisotopic (exact) mass is 348 g/mol. The molecular weight excluding hydrogens is 328 g/mol. The minimum absolute atomic E-state index is 0.00580. The molecule has 0 radical (unpaired) electrons. The van der Waals surface area contributed by atoms with Gasteiger partial charge in [-0.25, -0.2) is 0 Å². The van der Waals surface area contributed by atoms with Crippen LogP contribution >= 0.6 is 22.9 Å². The summed E-state index contributed by atoms with van der Waals surface area (Å²) < 4.78 is 0. The normalized spacial score (nSPS) is 15.7. The summed E-state index contributed by atoms with van der Waals surface area (Å²) in [4.78, 5) is 16.5. The Kier molecular flexibility index (Phi) is 5.05. The molecule has 1 unspecified atom stereocenters. The van der Waals surface area contributed by atoms with E-state index < -0.39 is 0 Å². The van der Waals surface area contributed by atoms with Gasteiger partial charge in [0, 0.05) is 28.5 Å². The maximum absolute atomic E-state index is 12.3. The maximum Gasteiger partial charge on any atom is 0.261 e. The Morgan fingerprint density at radius 3 is 2.65 bits per heavy atom. The zero-order valence-corrected chi connectivity index (χ0v) is 15.0. The van der Waals surface area contributed by atoms with Crippen molar-refractivity contribution in [1.29, 1.82) is 0 Å². The maximum atomic E-state index is 12.3. The van der Waals surface area contributed by atoms with Crippen molar-refractivity contribution in [3.63, 3.8) is 0 Å². The molecule has 0 spiro atoms. The highest BCUT2D eigenvalue weighted by Crippen LogP contribution is 2.29. The number of carbonyl (C=O) groups is 1. The van der Waals surface area contributed by atoms with Crippen LogP contribution in [-0.4, -0.2) is 36.5 Å². The summed E-state index contributed by atoms with van der Waals surface area (Å²) >= 11 is 7.42. The second-order valence-corrected chi connectivity index (χ2v) is 7.65. The number of thiophene rings is 1. The van der Waals surface area contributed by atoms with E-state index in [-0.39, 0.29) is 5.91 Å². The second kappa shape index (κ2) is 7.04. The van der Waals surface area contributed by atoms with E-state index in [1.54, 1.807) is 0 Å². The van der Waals surface area contributed by atoms with Gasteiger partial charge in [0.15, 0.2) is 0 Å².